The number of rotatable bonds is 7. The molecule has 0 amide bonds. The molecule has 0 N–H and O–H groups in total. The molecule has 0 saturated carbocycles. The molecule has 0 aromatic carbocycles. The maximum absolute atomic E-state index is 12.6. The second kappa shape index (κ2) is 9.88. The van der Waals surface area contributed by atoms with Crippen molar-refractivity contribution in [2.24, 2.45) is 34.8 Å². The van der Waals surface area contributed by atoms with Gasteiger partial charge in [-0.15, -0.1) is 0 Å². The monoisotopic (exact) mass is 417 g/mol. The van der Waals surface area contributed by atoms with Crippen LogP contribution in [-0.4, -0.2) is 30.2 Å². The number of nitroso groups, excluding NO2 is 1. The van der Waals surface area contributed by atoms with Gasteiger partial charge in [-0.3, -0.25) is 9.59 Å². The Morgan fingerprint density at radius 2 is 2.07 bits per heavy atom. The number of fused-ring (bicyclic) bond motifs is 1. The highest BCUT2D eigenvalue weighted by molar-refractivity contribution is 5.72. The minimum atomic E-state index is -0.477. The third-order valence-corrected chi connectivity index (χ3v) is 7.08. The maximum atomic E-state index is 12.6. The Hall–Kier alpha value is -1.98. The zero-order valence-electron chi connectivity index (χ0n) is 18.6. The number of allylic oxidation sites excluding steroid dienone is 3. The van der Waals surface area contributed by atoms with Gasteiger partial charge in [0.2, 0.25) is 0 Å². The van der Waals surface area contributed by atoms with Crippen LogP contribution in [0.3, 0.4) is 0 Å². The molecule has 0 aromatic heterocycles. The summed E-state index contributed by atoms with van der Waals surface area (Å²) in [4.78, 5) is 35.3. The van der Waals surface area contributed by atoms with Crippen LogP contribution in [0.5, 0.6) is 0 Å². The molecule has 1 fully saturated rings. The summed E-state index contributed by atoms with van der Waals surface area (Å²) in [6, 6.07) is -0.477. The van der Waals surface area contributed by atoms with E-state index in [2.05, 4.69) is 37.3 Å². The number of esters is 2. The van der Waals surface area contributed by atoms with Crippen molar-refractivity contribution in [1.29, 1.82) is 0 Å². The normalized spacial score (nSPS) is 36.9. The van der Waals surface area contributed by atoms with Crippen LogP contribution in [0.25, 0.3) is 0 Å². The number of hydrogen-bond acceptors (Lipinski definition) is 6. The molecule has 2 aliphatic carbocycles. The highest BCUT2D eigenvalue weighted by Crippen LogP contribution is 2.45. The molecule has 0 bridgehead atoms. The number of carbonyl (C=O) groups excluding carboxylic acids is 2. The van der Waals surface area contributed by atoms with Gasteiger partial charge in [0.1, 0.15) is 18.2 Å². The molecule has 1 unspecified atom stereocenters. The van der Waals surface area contributed by atoms with Crippen molar-refractivity contribution < 1.29 is 19.1 Å². The molecule has 1 aliphatic heterocycles. The van der Waals surface area contributed by atoms with E-state index in [0.29, 0.717) is 30.6 Å². The molecule has 3 rings (SSSR count). The first kappa shape index (κ1) is 22.7. The van der Waals surface area contributed by atoms with Gasteiger partial charge in [0.25, 0.3) is 0 Å². The van der Waals surface area contributed by atoms with Gasteiger partial charge in [-0.1, -0.05) is 51.1 Å². The van der Waals surface area contributed by atoms with Gasteiger partial charge in [-0.05, 0) is 49.0 Å². The van der Waals surface area contributed by atoms with E-state index < -0.39 is 6.04 Å². The summed E-state index contributed by atoms with van der Waals surface area (Å²) < 4.78 is 11.5. The molecule has 6 nitrogen and oxygen atoms in total. The van der Waals surface area contributed by atoms with Gasteiger partial charge >= 0.3 is 11.9 Å². The minimum Gasteiger partial charge on any atom is -0.462 e. The molecule has 0 aromatic rings. The van der Waals surface area contributed by atoms with Crippen molar-refractivity contribution in [3.63, 3.8) is 0 Å². The largest absolute Gasteiger partial charge is 0.462 e. The first-order valence-corrected chi connectivity index (χ1v) is 11.4. The number of nitrogens with zero attached hydrogens (tertiary/aromatic N) is 1. The molecule has 3 aliphatic rings. The smallest absolute Gasteiger partial charge is 0.308 e. The molecule has 1 saturated heterocycles. The van der Waals surface area contributed by atoms with Gasteiger partial charge in [0.15, 0.2) is 0 Å². The molecule has 0 spiro atoms. The lowest BCUT2D eigenvalue weighted by Crippen LogP contribution is -2.42. The van der Waals surface area contributed by atoms with Crippen molar-refractivity contribution in [1.82, 2.24) is 0 Å². The van der Waals surface area contributed by atoms with Crippen molar-refractivity contribution in [2.45, 2.75) is 84.5 Å². The van der Waals surface area contributed by atoms with Crippen LogP contribution in [-0.2, 0) is 19.1 Å². The number of hydrogen-bond donors (Lipinski definition) is 0. The standard InChI is InChI=1S/C24H35NO5/c1-5-15(3)24(27)30-21-11-14(2)10-17-7-6-16(4)20(23(17)21)9-8-19-12-18(25-28)13-22(26)29-19/h6-7,10,14-16,18-21,23H,5,8-9,11-13H2,1-4H3/t14-,15-,16-,18+,19?,20-,21-,23-/m0/s1. The Morgan fingerprint density at radius 1 is 1.30 bits per heavy atom. The summed E-state index contributed by atoms with van der Waals surface area (Å²) in [5, 5.41) is 3.07. The Labute approximate surface area is 179 Å². The average Bonchev–Trinajstić information content (AvgIpc) is 2.71. The SMILES string of the molecule is CC[C@H](C)C(=O)O[C@H]1C[C@@H](C)C=C2C=C[C@H](C)[C@H](CCC3C[C@@H](N=O)CC(=O)O3)[C@H]21. The third-order valence-electron chi connectivity index (χ3n) is 7.08. The molecule has 1 heterocycles. The first-order chi connectivity index (χ1) is 14.3. The van der Waals surface area contributed by atoms with Crippen LogP contribution in [0.15, 0.2) is 29.0 Å². The fraction of sp³-hybridized carbons (Fsp3) is 0.750. The van der Waals surface area contributed by atoms with Gasteiger partial charge in [0, 0.05) is 12.3 Å². The molecule has 166 valence electrons. The van der Waals surface area contributed by atoms with Gasteiger partial charge in [-0.25, -0.2) is 0 Å². The molecule has 8 atom stereocenters. The van der Waals surface area contributed by atoms with Crippen molar-refractivity contribution in [3.8, 4) is 0 Å². The third kappa shape index (κ3) is 5.19. The molecule has 30 heavy (non-hydrogen) atoms. The minimum absolute atomic E-state index is 0.0869. The van der Waals surface area contributed by atoms with Crippen LogP contribution in [0, 0.1) is 34.5 Å². The summed E-state index contributed by atoms with van der Waals surface area (Å²) in [5.74, 6) is 0.616. The fourth-order valence-electron chi connectivity index (χ4n) is 5.15. The Bertz CT molecular complexity index is 714. The lowest BCUT2D eigenvalue weighted by atomic mass is 9.65. The van der Waals surface area contributed by atoms with Gasteiger partial charge in [-0.2, -0.15) is 4.91 Å². The van der Waals surface area contributed by atoms with E-state index in [1.165, 1.54) is 5.57 Å². The van der Waals surface area contributed by atoms with E-state index in [-0.39, 0.29) is 42.4 Å². The van der Waals surface area contributed by atoms with Crippen LogP contribution in [0.4, 0.5) is 0 Å². The van der Waals surface area contributed by atoms with Crippen LogP contribution in [0.2, 0.25) is 0 Å². The summed E-state index contributed by atoms with van der Waals surface area (Å²) in [6.45, 7) is 8.29. The molecular weight excluding hydrogens is 382 g/mol. The zero-order valence-corrected chi connectivity index (χ0v) is 18.6. The highest BCUT2D eigenvalue weighted by atomic mass is 16.5. The van der Waals surface area contributed by atoms with Crippen molar-refractivity contribution in [3.05, 3.63) is 28.7 Å². The lowest BCUT2D eigenvalue weighted by molar-refractivity contribution is -0.159. The second-order valence-electron chi connectivity index (χ2n) is 9.46. The van der Waals surface area contributed by atoms with E-state index >= 15 is 0 Å². The van der Waals surface area contributed by atoms with E-state index in [0.717, 1.165) is 19.3 Å². The van der Waals surface area contributed by atoms with Crippen LogP contribution in [0.1, 0.15) is 66.2 Å². The Kier molecular flexibility index (Phi) is 7.48. The van der Waals surface area contributed by atoms with Crippen LogP contribution >= 0.6 is 0 Å². The quantitative estimate of drug-likeness (QED) is 0.431. The van der Waals surface area contributed by atoms with E-state index in [1.807, 2.05) is 13.8 Å². The van der Waals surface area contributed by atoms with Gasteiger partial charge < -0.3 is 9.47 Å². The summed E-state index contributed by atoms with van der Waals surface area (Å²) in [7, 11) is 0. The Balaban J connectivity index is 1.74. The highest BCUT2D eigenvalue weighted by Gasteiger charge is 2.42. The van der Waals surface area contributed by atoms with E-state index in [4.69, 9.17) is 9.47 Å². The topological polar surface area (TPSA) is 82.0 Å². The average molecular weight is 418 g/mol. The van der Waals surface area contributed by atoms with Crippen molar-refractivity contribution in [2.75, 3.05) is 0 Å². The zero-order chi connectivity index (χ0) is 21.8. The lowest BCUT2D eigenvalue weighted by Gasteiger charge is -2.43. The van der Waals surface area contributed by atoms with Crippen LogP contribution < -0.4 is 0 Å². The van der Waals surface area contributed by atoms with E-state index in [1.54, 1.807) is 0 Å². The summed E-state index contributed by atoms with van der Waals surface area (Å²) in [5.41, 5.74) is 1.26. The molecule has 6 heteroatoms. The van der Waals surface area contributed by atoms with Gasteiger partial charge in [0.05, 0.1) is 12.3 Å². The number of cyclic esters (lactones) is 1. The predicted molar refractivity (Wildman–Crippen MR) is 114 cm³/mol. The fourth-order valence-corrected chi connectivity index (χ4v) is 5.15. The maximum Gasteiger partial charge on any atom is 0.308 e. The summed E-state index contributed by atoms with van der Waals surface area (Å²) >= 11 is 0. The van der Waals surface area contributed by atoms with Crippen molar-refractivity contribution >= 4 is 11.9 Å². The number of carbonyl (C=O) groups is 2. The molecular formula is C24H35NO5. The summed E-state index contributed by atoms with van der Waals surface area (Å²) in [6.07, 6.45) is 10.1. The molecule has 0 radical (unpaired) electrons. The predicted octanol–water partition coefficient (Wildman–Crippen LogP) is 4.97. The second-order valence-corrected chi connectivity index (χ2v) is 9.46. The number of ether oxygens (including phenoxy) is 2. The Morgan fingerprint density at radius 3 is 2.77 bits per heavy atom. The van der Waals surface area contributed by atoms with E-state index in [9.17, 15) is 14.5 Å². The first-order valence-electron chi connectivity index (χ1n) is 11.4.